The van der Waals surface area contributed by atoms with Crippen molar-refractivity contribution in [2.75, 3.05) is 0 Å². The van der Waals surface area contributed by atoms with E-state index in [1.165, 1.54) is 22.7 Å². The third kappa shape index (κ3) is 2.90. The van der Waals surface area contributed by atoms with E-state index in [9.17, 15) is 15.2 Å². The van der Waals surface area contributed by atoms with Crippen LogP contribution in [0.1, 0.15) is 5.69 Å². The molecule has 0 aliphatic rings. The molecule has 1 aromatic carbocycles. The van der Waals surface area contributed by atoms with Crippen molar-refractivity contribution in [2.45, 2.75) is 6.92 Å². The van der Waals surface area contributed by atoms with Crippen LogP contribution >= 0.6 is 0 Å². The number of hydrogen-bond donors (Lipinski definition) is 1. The third-order valence-corrected chi connectivity index (χ3v) is 2.90. The fraction of sp³-hybridized carbons (Fsp3) is 0.0769. The molecule has 0 aliphatic heterocycles. The van der Waals surface area contributed by atoms with Gasteiger partial charge in [-0.25, -0.2) is 4.98 Å². The van der Waals surface area contributed by atoms with E-state index in [1.54, 1.807) is 25.1 Å². The molecule has 1 radical (unpaired) electrons. The molecule has 0 unspecified atom stereocenters. The van der Waals surface area contributed by atoms with Gasteiger partial charge in [0.1, 0.15) is 0 Å². The molecule has 21 heavy (non-hydrogen) atoms. The zero-order valence-electron chi connectivity index (χ0n) is 11.5. The van der Waals surface area contributed by atoms with Crippen molar-refractivity contribution in [1.29, 1.82) is 0 Å². The second-order valence-electron chi connectivity index (χ2n) is 4.36. The van der Waals surface area contributed by atoms with Gasteiger partial charge >= 0.3 is 0 Å². The SMILES string of the molecule is Cc1cc2nc(-c3ccc([N+](=O)[O-])cc3)cc(O)n2n1.[Na]. The van der Waals surface area contributed by atoms with Crippen LogP contribution < -0.4 is 0 Å². The monoisotopic (exact) mass is 293 g/mol. The van der Waals surface area contributed by atoms with Gasteiger partial charge < -0.3 is 5.11 Å². The fourth-order valence-corrected chi connectivity index (χ4v) is 1.97. The number of aromatic hydroxyl groups is 1. The van der Waals surface area contributed by atoms with Gasteiger partial charge in [0.05, 0.1) is 16.3 Å². The Hall–Kier alpha value is -1.96. The van der Waals surface area contributed by atoms with Gasteiger partial charge in [-0.2, -0.15) is 9.61 Å². The maximum Gasteiger partial charge on any atom is 0.269 e. The molecule has 2 heterocycles. The summed E-state index contributed by atoms with van der Waals surface area (Å²) in [6, 6.07) is 9.22. The minimum atomic E-state index is -0.460. The van der Waals surface area contributed by atoms with E-state index >= 15 is 0 Å². The standard InChI is InChI=1S/C13H10N4O3.Na/c1-8-6-12-14-11(7-13(18)16(12)15-8)9-2-4-10(5-3-9)17(19)20;/h2-7,18H,1H3;. The second kappa shape index (κ2) is 5.80. The number of non-ortho nitro benzene ring substituents is 1. The van der Waals surface area contributed by atoms with Gasteiger partial charge in [0.2, 0.25) is 5.88 Å². The third-order valence-electron chi connectivity index (χ3n) is 2.90. The van der Waals surface area contributed by atoms with E-state index in [-0.39, 0.29) is 41.1 Å². The summed E-state index contributed by atoms with van der Waals surface area (Å²) in [4.78, 5) is 14.5. The molecule has 0 aliphatic carbocycles. The summed E-state index contributed by atoms with van der Waals surface area (Å²) < 4.78 is 1.34. The number of nitro groups is 1. The van der Waals surface area contributed by atoms with Gasteiger partial charge in [0.15, 0.2) is 5.65 Å². The van der Waals surface area contributed by atoms with Crippen molar-refractivity contribution < 1.29 is 10.0 Å². The molecule has 3 rings (SSSR count). The Bertz CT molecular complexity index is 814. The predicted octanol–water partition coefficient (Wildman–Crippen LogP) is 1.94. The molecule has 7 nitrogen and oxygen atoms in total. The van der Waals surface area contributed by atoms with E-state index in [0.717, 1.165) is 5.69 Å². The van der Waals surface area contributed by atoms with Gasteiger partial charge in [-0.1, -0.05) is 0 Å². The summed E-state index contributed by atoms with van der Waals surface area (Å²) in [5.41, 5.74) is 2.50. The first kappa shape index (κ1) is 15.4. The van der Waals surface area contributed by atoms with Crippen LogP contribution in [0.15, 0.2) is 36.4 Å². The Balaban J connectivity index is 0.00000161. The summed E-state index contributed by atoms with van der Waals surface area (Å²) >= 11 is 0. The first-order valence-corrected chi connectivity index (χ1v) is 5.86. The number of nitro benzene ring substituents is 1. The van der Waals surface area contributed by atoms with Gasteiger partial charge in [-0.15, -0.1) is 0 Å². The van der Waals surface area contributed by atoms with Crippen molar-refractivity contribution in [3.63, 3.8) is 0 Å². The average Bonchev–Trinajstić information content (AvgIpc) is 2.80. The molecule has 1 N–H and O–H groups in total. The van der Waals surface area contributed by atoms with Crippen LogP contribution in [0.3, 0.4) is 0 Å². The van der Waals surface area contributed by atoms with Crippen molar-refractivity contribution >= 4 is 40.9 Å². The number of fused-ring (bicyclic) bond motifs is 1. The Morgan fingerprint density at radius 1 is 1.24 bits per heavy atom. The maximum absolute atomic E-state index is 10.6. The quantitative estimate of drug-likeness (QED) is 0.442. The molecule has 0 saturated carbocycles. The smallest absolute Gasteiger partial charge is 0.269 e. The molecule has 0 atom stereocenters. The molecular weight excluding hydrogens is 283 g/mol. The average molecular weight is 293 g/mol. The fourth-order valence-electron chi connectivity index (χ4n) is 1.97. The van der Waals surface area contributed by atoms with Crippen LogP contribution in [0.4, 0.5) is 5.69 Å². The van der Waals surface area contributed by atoms with Crippen LogP contribution in [0.2, 0.25) is 0 Å². The van der Waals surface area contributed by atoms with Crippen LogP contribution in [0, 0.1) is 17.0 Å². The molecule has 0 spiro atoms. The molecular formula is C13H10N4NaO3. The van der Waals surface area contributed by atoms with Crippen LogP contribution in [0.5, 0.6) is 5.88 Å². The largest absolute Gasteiger partial charge is 0.493 e. The minimum Gasteiger partial charge on any atom is -0.493 e. The van der Waals surface area contributed by atoms with Gasteiger partial charge in [0, 0.05) is 59.4 Å². The van der Waals surface area contributed by atoms with Crippen LogP contribution in [-0.2, 0) is 0 Å². The van der Waals surface area contributed by atoms with Crippen LogP contribution in [-0.4, -0.2) is 54.2 Å². The van der Waals surface area contributed by atoms with E-state index in [0.29, 0.717) is 16.9 Å². The maximum atomic E-state index is 10.6. The predicted molar refractivity (Wildman–Crippen MR) is 77.2 cm³/mol. The van der Waals surface area contributed by atoms with Gasteiger partial charge in [0.25, 0.3) is 5.69 Å². The zero-order valence-corrected chi connectivity index (χ0v) is 13.5. The summed E-state index contributed by atoms with van der Waals surface area (Å²) in [5.74, 6) is -0.0311. The molecule has 2 aromatic heterocycles. The zero-order chi connectivity index (χ0) is 14.3. The van der Waals surface area contributed by atoms with E-state index < -0.39 is 4.92 Å². The number of aryl methyl sites for hydroxylation is 1. The Morgan fingerprint density at radius 3 is 2.52 bits per heavy atom. The molecule has 0 bridgehead atoms. The number of aromatic nitrogens is 3. The number of benzene rings is 1. The Labute approximate surface area is 141 Å². The van der Waals surface area contributed by atoms with Crippen molar-refractivity contribution in [3.05, 3.63) is 52.2 Å². The number of nitrogens with zero attached hydrogens (tertiary/aromatic N) is 4. The van der Waals surface area contributed by atoms with Crippen molar-refractivity contribution in [1.82, 2.24) is 14.6 Å². The molecule has 8 heteroatoms. The normalized spacial score (nSPS) is 10.3. The summed E-state index contributed by atoms with van der Waals surface area (Å²) in [6.07, 6.45) is 0. The minimum absolute atomic E-state index is 0. The van der Waals surface area contributed by atoms with Gasteiger partial charge in [-0.05, 0) is 19.1 Å². The van der Waals surface area contributed by atoms with Crippen molar-refractivity contribution in [2.24, 2.45) is 0 Å². The Morgan fingerprint density at radius 2 is 1.90 bits per heavy atom. The second-order valence-corrected chi connectivity index (χ2v) is 4.36. The molecule has 3 aromatic rings. The van der Waals surface area contributed by atoms with E-state index in [4.69, 9.17) is 0 Å². The molecule has 0 amide bonds. The molecule has 0 saturated heterocycles. The van der Waals surface area contributed by atoms with E-state index in [1.807, 2.05) is 0 Å². The van der Waals surface area contributed by atoms with Crippen LogP contribution in [0.25, 0.3) is 16.9 Å². The molecule has 0 fully saturated rings. The van der Waals surface area contributed by atoms with Crippen molar-refractivity contribution in [3.8, 4) is 17.1 Å². The number of rotatable bonds is 2. The van der Waals surface area contributed by atoms with Gasteiger partial charge in [-0.3, -0.25) is 10.1 Å². The summed E-state index contributed by atoms with van der Waals surface area (Å²) in [5, 5.41) is 24.6. The first-order chi connectivity index (χ1) is 9.54. The molecule has 101 valence electrons. The first-order valence-electron chi connectivity index (χ1n) is 5.86. The summed E-state index contributed by atoms with van der Waals surface area (Å²) in [7, 11) is 0. The van der Waals surface area contributed by atoms with E-state index in [2.05, 4.69) is 10.1 Å². The number of hydrogen-bond acceptors (Lipinski definition) is 5. The Kier molecular flexibility index (Phi) is 4.26. The summed E-state index contributed by atoms with van der Waals surface area (Å²) in [6.45, 7) is 1.81. The topological polar surface area (TPSA) is 93.6 Å².